The quantitative estimate of drug-likeness (QED) is 0.795. The fourth-order valence-corrected chi connectivity index (χ4v) is 3.34. The third-order valence-electron chi connectivity index (χ3n) is 3.46. The molecule has 0 aliphatic carbocycles. The number of benzene rings is 1. The van der Waals surface area contributed by atoms with E-state index < -0.39 is 11.5 Å². The monoisotopic (exact) mass is 330 g/mol. The minimum Gasteiger partial charge on any atom is -0.478 e. The van der Waals surface area contributed by atoms with Gasteiger partial charge in [-0.25, -0.2) is 9.78 Å². The summed E-state index contributed by atoms with van der Waals surface area (Å²) in [5.41, 5.74) is 1.39. The number of rotatable bonds is 4. The van der Waals surface area contributed by atoms with Crippen LogP contribution in [0.5, 0.6) is 0 Å². The Labute approximate surface area is 135 Å². The Bertz CT molecular complexity index is 958. The zero-order valence-electron chi connectivity index (χ0n) is 12.6. The number of fused-ring (bicyclic) bond motifs is 1. The smallest absolute Gasteiger partial charge is 0.337 e. The van der Waals surface area contributed by atoms with Gasteiger partial charge < -0.3 is 9.84 Å². The van der Waals surface area contributed by atoms with Gasteiger partial charge in [-0.2, -0.15) is 0 Å². The van der Waals surface area contributed by atoms with Gasteiger partial charge in [0.25, 0.3) is 5.56 Å². The van der Waals surface area contributed by atoms with Gasteiger partial charge >= 0.3 is 5.97 Å². The molecular weight excluding hydrogens is 316 g/mol. The van der Waals surface area contributed by atoms with Crippen molar-refractivity contribution in [2.24, 2.45) is 0 Å². The van der Waals surface area contributed by atoms with Crippen molar-refractivity contribution in [3.63, 3.8) is 0 Å². The molecule has 0 bridgehead atoms. The summed E-state index contributed by atoms with van der Waals surface area (Å²) >= 11 is 1.15. The molecule has 2 heterocycles. The van der Waals surface area contributed by atoms with Gasteiger partial charge in [0.05, 0.1) is 10.9 Å². The van der Waals surface area contributed by atoms with Crippen molar-refractivity contribution in [3.05, 3.63) is 51.1 Å². The lowest BCUT2D eigenvalue weighted by Gasteiger charge is -2.12. The van der Waals surface area contributed by atoms with Crippen LogP contribution in [0, 0.1) is 6.92 Å². The Hall–Kier alpha value is -2.51. The van der Waals surface area contributed by atoms with Crippen LogP contribution in [0.3, 0.4) is 0 Å². The average Bonchev–Trinajstić information content (AvgIpc) is 2.94. The van der Waals surface area contributed by atoms with Crippen molar-refractivity contribution >= 4 is 27.5 Å². The maximum Gasteiger partial charge on any atom is 0.337 e. The number of carboxylic acid groups (broad SMARTS) is 1. The highest BCUT2D eigenvalue weighted by Crippen LogP contribution is 2.25. The summed E-state index contributed by atoms with van der Waals surface area (Å²) in [7, 11) is 1.47. The van der Waals surface area contributed by atoms with Crippen molar-refractivity contribution in [3.8, 4) is 11.4 Å². The third-order valence-corrected chi connectivity index (χ3v) is 4.33. The second kappa shape index (κ2) is 5.94. The molecule has 0 spiro atoms. The molecule has 0 aliphatic rings. The number of methoxy groups -OCH3 is 1. The van der Waals surface area contributed by atoms with Gasteiger partial charge in [-0.1, -0.05) is 23.8 Å². The minimum atomic E-state index is -1.14. The van der Waals surface area contributed by atoms with Crippen molar-refractivity contribution in [2.75, 3.05) is 7.11 Å². The van der Waals surface area contributed by atoms with Crippen LogP contribution in [0.2, 0.25) is 0 Å². The Morgan fingerprint density at radius 2 is 2.22 bits per heavy atom. The van der Waals surface area contributed by atoms with E-state index in [0.717, 1.165) is 22.5 Å². The van der Waals surface area contributed by atoms with E-state index in [2.05, 4.69) is 4.98 Å². The zero-order chi connectivity index (χ0) is 16.6. The number of nitrogens with zero attached hydrogens (tertiary/aromatic N) is 2. The van der Waals surface area contributed by atoms with Crippen LogP contribution in [0.15, 0.2) is 34.4 Å². The van der Waals surface area contributed by atoms with E-state index in [1.54, 1.807) is 0 Å². The molecule has 0 radical (unpaired) electrons. The summed E-state index contributed by atoms with van der Waals surface area (Å²) in [6.07, 6.45) is 0. The van der Waals surface area contributed by atoms with E-state index >= 15 is 0 Å². The van der Waals surface area contributed by atoms with Gasteiger partial charge in [0.1, 0.15) is 17.4 Å². The molecular formula is C16H14N2O4S. The summed E-state index contributed by atoms with van der Waals surface area (Å²) < 4.78 is 6.46. The highest BCUT2D eigenvalue weighted by atomic mass is 32.1. The van der Waals surface area contributed by atoms with Crippen LogP contribution in [0.1, 0.15) is 15.9 Å². The first kappa shape index (κ1) is 15.4. The molecule has 3 aromatic rings. The van der Waals surface area contributed by atoms with Gasteiger partial charge in [-0.15, -0.1) is 11.3 Å². The SMILES string of the molecule is COCn1c(-c2cccc(C)c2)nc2scc(C(=O)O)c2c1=O. The number of carboxylic acids is 1. The molecule has 6 nitrogen and oxygen atoms in total. The normalized spacial score (nSPS) is 11.0. The number of thiophene rings is 1. The lowest BCUT2D eigenvalue weighted by Crippen LogP contribution is -2.25. The van der Waals surface area contributed by atoms with E-state index in [-0.39, 0.29) is 17.7 Å². The average molecular weight is 330 g/mol. The summed E-state index contributed by atoms with van der Waals surface area (Å²) in [6, 6.07) is 7.62. The van der Waals surface area contributed by atoms with Gasteiger partial charge in [0.2, 0.25) is 0 Å². The van der Waals surface area contributed by atoms with Gasteiger partial charge in [-0.05, 0) is 13.0 Å². The van der Waals surface area contributed by atoms with Crippen LogP contribution in [0.25, 0.3) is 21.6 Å². The topological polar surface area (TPSA) is 81.4 Å². The summed E-state index contributed by atoms with van der Waals surface area (Å²) in [5, 5.41) is 10.8. The van der Waals surface area contributed by atoms with E-state index in [1.807, 2.05) is 31.2 Å². The van der Waals surface area contributed by atoms with Gasteiger partial charge in [0.15, 0.2) is 0 Å². The van der Waals surface area contributed by atoms with Gasteiger partial charge in [-0.3, -0.25) is 9.36 Å². The molecule has 0 saturated heterocycles. The molecule has 3 rings (SSSR count). The fourth-order valence-electron chi connectivity index (χ4n) is 2.44. The molecule has 0 atom stereocenters. The Kier molecular flexibility index (Phi) is 3.97. The van der Waals surface area contributed by atoms with Crippen LogP contribution in [-0.4, -0.2) is 27.7 Å². The number of ether oxygens (including phenoxy) is 1. The predicted molar refractivity (Wildman–Crippen MR) is 88.0 cm³/mol. The lowest BCUT2D eigenvalue weighted by atomic mass is 10.1. The molecule has 0 fully saturated rings. The molecule has 1 aromatic carbocycles. The molecule has 7 heteroatoms. The van der Waals surface area contributed by atoms with E-state index in [4.69, 9.17) is 4.74 Å². The molecule has 23 heavy (non-hydrogen) atoms. The van der Waals surface area contributed by atoms with E-state index in [0.29, 0.717) is 10.7 Å². The van der Waals surface area contributed by atoms with E-state index in [9.17, 15) is 14.7 Å². The summed E-state index contributed by atoms with van der Waals surface area (Å²) in [4.78, 5) is 29.0. The van der Waals surface area contributed by atoms with Crippen molar-refractivity contribution in [1.82, 2.24) is 9.55 Å². The Morgan fingerprint density at radius 3 is 2.87 bits per heavy atom. The predicted octanol–water partition coefficient (Wildman–Crippen LogP) is 2.74. The molecule has 1 N–H and O–H groups in total. The first-order valence-corrected chi connectivity index (χ1v) is 7.72. The second-order valence-corrected chi connectivity index (χ2v) is 5.95. The first-order chi connectivity index (χ1) is 11.0. The fraction of sp³-hybridized carbons (Fsp3) is 0.188. The third kappa shape index (κ3) is 2.64. The number of hydrogen-bond donors (Lipinski definition) is 1. The standard InChI is InChI=1S/C16H14N2O4S/c1-9-4-3-5-10(6-9)13-17-14-12(11(7-23-14)16(20)21)15(19)18(13)8-22-2/h3-7H,8H2,1-2H3,(H,20,21). The highest BCUT2D eigenvalue weighted by Gasteiger charge is 2.20. The molecule has 118 valence electrons. The number of aromatic carboxylic acids is 1. The number of hydrogen-bond acceptors (Lipinski definition) is 5. The van der Waals surface area contributed by atoms with E-state index in [1.165, 1.54) is 17.1 Å². The minimum absolute atomic E-state index is 0.0000454. The number of aryl methyl sites for hydroxylation is 1. The lowest BCUT2D eigenvalue weighted by molar-refractivity contribution is 0.0699. The largest absolute Gasteiger partial charge is 0.478 e. The van der Waals surface area contributed by atoms with Crippen LogP contribution in [0.4, 0.5) is 0 Å². The summed E-state index contributed by atoms with van der Waals surface area (Å²) in [6.45, 7) is 1.95. The van der Waals surface area contributed by atoms with Crippen LogP contribution >= 0.6 is 11.3 Å². The van der Waals surface area contributed by atoms with Gasteiger partial charge in [0, 0.05) is 18.1 Å². The van der Waals surface area contributed by atoms with Crippen LogP contribution < -0.4 is 5.56 Å². The number of carbonyl (C=O) groups is 1. The Balaban J connectivity index is 2.36. The molecule has 0 aliphatic heterocycles. The maximum atomic E-state index is 12.8. The Morgan fingerprint density at radius 1 is 1.43 bits per heavy atom. The molecule has 0 unspecified atom stereocenters. The van der Waals surface area contributed by atoms with Crippen molar-refractivity contribution in [2.45, 2.75) is 13.7 Å². The van der Waals surface area contributed by atoms with Crippen LogP contribution in [-0.2, 0) is 11.5 Å². The maximum absolute atomic E-state index is 12.8. The number of aromatic nitrogens is 2. The highest BCUT2D eigenvalue weighted by molar-refractivity contribution is 7.17. The zero-order valence-corrected chi connectivity index (χ0v) is 13.4. The summed E-state index contributed by atoms with van der Waals surface area (Å²) in [5.74, 6) is -0.672. The van der Waals surface area contributed by atoms with Crippen molar-refractivity contribution in [1.29, 1.82) is 0 Å². The second-order valence-electron chi connectivity index (χ2n) is 5.09. The molecule has 0 amide bonds. The molecule has 0 saturated carbocycles. The molecule has 2 aromatic heterocycles. The van der Waals surface area contributed by atoms with Crippen molar-refractivity contribution < 1.29 is 14.6 Å². The first-order valence-electron chi connectivity index (χ1n) is 6.84.